The summed E-state index contributed by atoms with van der Waals surface area (Å²) in [5, 5.41) is 12.3. The van der Waals surface area contributed by atoms with E-state index in [1.54, 1.807) is 7.11 Å². The minimum Gasteiger partial charge on any atom is -0.496 e. The lowest BCUT2D eigenvalue weighted by Crippen LogP contribution is -2.31. The molecule has 1 saturated carbocycles. The van der Waals surface area contributed by atoms with Gasteiger partial charge in [0, 0.05) is 6.54 Å². The Bertz CT molecular complexity index is 466. The van der Waals surface area contributed by atoms with E-state index in [2.05, 4.69) is 17.4 Å². The lowest BCUT2D eigenvalue weighted by Gasteiger charge is -2.11. The number of rotatable bonds is 7. The van der Waals surface area contributed by atoms with E-state index in [-0.39, 0.29) is 0 Å². The van der Waals surface area contributed by atoms with Gasteiger partial charge >= 0.3 is 5.97 Å². The van der Waals surface area contributed by atoms with Gasteiger partial charge in [-0.25, -0.2) is 0 Å². The van der Waals surface area contributed by atoms with Crippen molar-refractivity contribution in [3.05, 3.63) is 29.3 Å². The van der Waals surface area contributed by atoms with Crippen LogP contribution in [0.5, 0.6) is 5.75 Å². The van der Waals surface area contributed by atoms with Crippen LogP contribution in [-0.4, -0.2) is 31.3 Å². The van der Waals surface area contributed by atoms with E-state index < -0.39 is 11.4 Å². The normalized spacial score (nSPS) is 16.1. The van der Waals surface area contributed by atoms with E-state index in [1.165, 1.54) is 5.56 Å². The van der Waals surface area contributed by atoms with Gasteiger partial charge in [0.15, 0.2) is 0 Å². The van der Waals surface area contributed by atoms with Gasteiger partial charge in [-0.05, 0) is 49.9 Å². The van der Waals surface area contributed by atoms with Crippen molar-refractivity contribution >= 4 is 5.97 Å². The van der Waals surface area contributed by atoms with E-state index in [0.717, 1.165) is 37.1 Å². The summed E-state index contributed by atoms with van der Waals surface area (Å²) in [6.45, 7) is 3.41. The van der Waals surface area contributed by atoms with Crippen molar-refractivity contribution in [3.8, 4) is 5.75 Å². The second-order valence-electron chi connectivity index (χ2n) is 5.32. The van der Waals surface area contributed by atoms with Gasteiger partial charge in [0.1, 0.15) is 5.75 Å². The van der Waals surface area contributed by atoms with E-state index in [1.807, 2.05) is 13.0 Å². The molecule has 0 bridgehead atoms. The standard InChI is InChI=1S/C15H21NO3/c1-11-9-12(3-4-13(11)19-2)5-8-16-10-15(6-7-15)14(17)18/h3-4,9,16H,5-8,10H2,1-2H3,(H,17,18). The van der Waals surface area contributed by atoms with Crippen molar-refractivity contribution in [1.29, 1.82) is 0 Å². The van der Waals surface area contributed by atoms with Crippen molar-refractivity contribution in [1.82, 2.24) is 5.32 Å². The largest absolute Gasteiger partial charge is 0.496 e. The predicted octanol–water partition coefficient (Wildman–Crippen LogP) is 2.00. The molecule has 0 spiro atoms. The maximum Gasteiger partial charge on any atom is 0.310 e. The Labute approximate surface area is 113 Å². The zero-order valence-corrected chi connectivity index (χ0v) is 11.5. The topological polar surface area (TPSA) is 58.6 Å². The Morgan fingerprint density at radius 1 is 1.47 bits per heavy atom. The second kappa shape index (κ2) is 5.61. The highest BCUT2D eigenvalue weighted by Gasteiger charge is 2.49. The molecule has 104 valence electrons. The van der Waals surface area contributed by atoms with E-state index in [0.29, 0.717) is 6.54 Å². The van der Waals surface area contributed by atoms with Gasteiger partial charge in [0.25, 0.3) is 0 Å². The maximum absolute atomic E-state index is 11.0. The Hall–Kier alpha value is -1.55. The molecule has 4 nitrogen and oxygen atoms in total. The molecule has 1 aliphatic rings. The number of hydrogen-bond acceptors (Lipinski definition) is 3. The molecule has 1 aliphatic carbocycles. The van der Waals surface area contributed by atoms with Crippen LogP contribution in [0.2, 0.25) is 0 Å². The van der Waals surface area contributed by atoms with Gasteiger partial charge in [-0.3, -0.25) is 4.79 Å². The van der Waals surface area contributed by atoms with Gasteiger partial charge in [-0.1, -0.05) is 12.1 Å². The van der Waals surface area contributed by atoms with E-state index in [9.17, 15) is 4.79 Å². The van der Waals surface area contributed by atoms with Crippen molar-refractivity contribution in [2.75, 3.05) is 20.2 Å². The molecule has 0 unspecified atom stereocenters. The molecular weight excluding hydrogens is 242 g/mol. The quantitative estimate of drug-likeness (QED) is 0.739. The summed E-state index contributed by atoms with van der Waals surface area (Å²) in [5.74, 6) is 0.236. The van der Waals surface area contributed by atoms with Crippen molar-refractivity contribution in [3.63, 3.8) is 0 Å². The molecule has 0 aliphatic heterocycles. The molecule has 0 saturated heterocycles. The Morgan fingerprint density at radius 3 is 2.74 bits per heavy atom. The number of carboxylic acids is 1. The highest BCUT2D eigenvalue weighted by Crippen LogP contribution is 2.45. The first-order chi connectivity index (χ1) is 9.07. The molecule has 0 heterocycles. The van der Waals surface area contributed by atoms with Crippen LogP contribution < -0.4 is 10.1 Å². The first-order valence-electron chi connectivity index (χ1n) is 6.65. The number of carboxylic acid groups (broad SMARTS) is 1. The van der Waals surface area contributed by atoms with Crippen LogP contribution in [0.25, 0.3) is 0 Å². The van der Waals surface area contributed by atoms with Gasteiger partial charge in [0.05, 0.1) is 12.5 Å². The van der Waals surface area contributed by atoms with Crippen molar-refractivity contribution < 1.29 is 14.6 Å². The summed E-state index contributed by atoms with van der Waals surface area (Å²) in [6, 6.07) is 6.15. The molecule has 19 heavy (non-hydrogen) atoms. The average molecular weight is 263 g/mol. The third kappa shape index (κ3) is 3.26. The summed E-state index contributed by atoms with van der Waals surface area (Å²) in [6.07, 6.45) is 2.51. The van der Waals surface area contributed by atoms with Crippen LogP contribution in [0.1, 0.15) is 24.0 Å². The summed E-state index contributed by atoms with van der Waals surface area (Å²) < 4.78 is 5.22. The van der Waals surface area contributed by atoms with Gasteiger partial charge in [-0.15, -0.1) is 0 Å². The molecule has 0 amide bonds. The van der Waals surface area contributed by atoms with Crippen LogP contribution in [0, 0.1) is 12.3 Å². The fourth-order valence-electron chi connectivity index (χ4n) is 2.27. The lowest BCUT2D eigenvalue weighted by molar-refractivity contribution is -0.143. The second-order valence-corrected chi connectivity index (χ2v) is 5.32. The third-order valence-corrected chi connectivity index (χ3v) is 3.82. The number of benzene rings is 1. The van der Waals surface area contributed by atoms with Gasteiger partial charge in [-0.2, -0.15) is 0 Å². The lowest BCUT2D eigenvalue weighted by atomic mass is 10.1. The maximum atomic E-state index is 11.0. The number of hydrogen-bond donors (Lipinski definition) is 2. The molecule has 1 fully saturated rings. The molecule has 0 radical (unpaired) electrons. The van der Waals surface area contributed by atoms with Crippen molar-refractivity contribution in [2.45, 2.75) is 26.2 Å². The number of aryl methyl sites for hydroxylation is 1. The van der Waals surface area contributed by atoms with Crippen LogP contribution in [0.4, 0.5) is 0 Å². The van der Waals surface area contributed by atoms with Crippen LogP contribution in [0.3, 0.4) is 0 Å². The number of ether oxygens (including phenoxy) is 1. The Kier molecular flexibility index (Phi) is 4.10. The first-order valence-corrected chi connectivity index (χ1v) is 6.65. The summed E-state index contributed by atoms with van der Waals surface area (Å²) in [4.78, 5) is 11.0. The minimum absolute atomic E-state index is 0.476. The minimum atomic E-state index is -0.666. The summed E-state index contributed by atoms with van der Waals surface area (Å²) in [7, 11) is 1.67. The average Bonchev–Trinajstić information content (AvgIpc) is 3.16. The summed E-state index contributed by atoms with van der Waals surface area (Å²) in [5.41, 5.74) is 1.89. The Balaban J connectivity index is 1.77. The Morgan fingerprint density at radius 2 is 2.21 bits per heavy atom. The first kappa shape index (κ1) is 13.9. The number of aliphatic carboxylic acids is 1. The van der Waals surface area contributed by atoms with Gasteiger partial charge < -0.3 is 15.2 Å². The van der Waals surface area contributed by atoms with Gasteiger partial charge in [0.2, 0.25) is 0 Å². The number of methoxy groups -OCH3 is 1. The van der Waals surface area contributed by atoms with Crippen LogP contribution in [-0.2, 0) is 11.2 Å². The number of carbonyl (C=O) groups is 1. The van der Waals surface area contributed by atoms with E-state index >= 15 is 0 Å². The molecule has 1 aromatic carbocycles. The number of nitrogens with one attached hydrogen (secondary N) is 1. The fraction of sp³-hybridized carbons (Fsp3) is 0.533. The summed E-state index contributed by atoms with van der Waals surface area (Å²) >= 11 is 0. The molecule has 0 atom stereocenters. The molecule has 0 aromatic heterocycles. The van der Waals surface area contributed by atoms with Crippen molar-refractivity contribution in [2.24, 2.45) is 5.41 Å². The molecule has 2 N–H and O–H groups in total. The predicted molar refractivity (Wildman–Crippen MR) is 73.6 cm³/mol. The highest BCUT2D eigenvalue weighted by atomic mass is 16.5. The van der Waals surface area contributed by atoms with E-state index in [4.69, 9.17) is 9.84 Å². The molecule has 2 rings (SSSR count). The van der Waals surface area contributed by atoms with Crippen LogP contribution >= 0.6 is 0 Å². The third-order valence-electron chi connectivity index (χ3n) is 3.82. The molecule has 1 aromatic rings. The van der Waals surface area contributed by atoms with Crippen LogP contribution in [0.15, 0.2) is 18.2 Å². The zero-order chi connectivity index (χ0) is 13.9. The molecule has 4 heteroatoms. The smallest absolute Gasteiger partial charge is 0.310 e. The highest BCUT2D eigenvalue weighted by molar-refractivity contribution is 5.78. The fourth-order valence-corrected chi connectivity index (χ4v) is 2.27. The SMILES string of the molecule is COc1ccc(CCNCC2(C(=O)O)CC2)cc1C. The molecular formula is C15H21NO3. The monoisotopic (exact) mass is 263 g/mol. The zero-order valence-electron chi connectivity index (χ0n) is 11.5.